The molecule has 0 aliphatic carbocycles. The molecule has 0 unspecified atom stereocenters. The number of benzene rings is 2. The number of fused-ring (bicyclic) bond motifs is 1. The van der Waals surface area contributed by atoms with Crippen LogP contribution in [0.2, 0.25) is 0 Å². The van der Waals surface area contributed by atoms with E-state index in [-0.39, 0.29) is 0 Å². The van der Waals surface area contributed by atoms with Gasteiger partial charge >= 0.3 is 0 Å². The molecule has 0 N–H and O–H groups in total. The van der Waals surface area contributed by atoms with Gasteiger partial charge in [0.05, 0.1) is 0 Å². The Morgan fingerprint density at radius 2 is 1.61 bits per heavy atom. The fourth-order valence-corrected chi connectivity index (χ4v) is 3.21. The lowest BCUT2D eigenvalue weighted by Crippen LogP contribution is -2.34. The Kier molecular flexibility index (Phi) is 2.83. The lowest BCUT2D eigenvalue weighted by molar-refractivity contribution is 0.490. The fourth-order valence-electron chi connectivity index (χ4n) is 3.21. The number of para-hydroxylation sites is 1. The van der Waals surface area contributed by atoms with Crippen LogP contribution in [0.3, 0.4) is 0 Å². The summed E-state index contributed by atoms with van der Waals surface area (Å²) in [6.45, 7) is 3.47. The molecule has 92 valence electrons. The smallest absolute Gasteiger partial charge is 0.0402 e. The molecule has 1 aliphatic heterocycles. The van der Waals surface area contributed by atoms with E-state index in [1.54, 1.807) is 0 Å². The Morgan fingerprint density at radius 3 is 2.39 bits per heavy atom. The van der Waals surface area contributed by atoms with Gasteiger partial charge in [-0.05, 0) is 23.1 Å². The number of hydrogen-bond acceptors (Lipinski definition) is 1. The highest BCUT2D eigenvalue weighted by atomic mass is 15.1. The van der Waals surface area contributed by atoms with Crippen molar-refractivity contribution in [1.29, 1.82) is 0 Å². The number of hydrogen-bond donors (Lipinski definition) is 0. The van der Waals surface area contributed by atoms with Crippen LogP contribution in [0.5, 0.6) is 0 Å². The minimum atomic E-state index is 0.526. The summed E-state index contributed by atoms with van der Waals surface area (Å²) >= 11 is 0. The van der Waals surface area contributed by atoms with Crippen molar-refractivity contribution in [1.82, 2.24) is 0 Å². The molecule has 0 fully saturated rings. The summed E-state index contributed by atoms with van der Waals surface area (Å²) in [4.78, 5) is 2.37. The van der Waals surface area contributed by atoms with Crippen molar-refractivity contribution >= 4 is 5.69 Å². The summed E-state index contributed by atoms with van der Waals surface area (Å²) < 4.78 is 0. The van der Waals surface area contributed by atoms with Crippen LogP contribution in [0.4, 0.5) is 5.69 Å². The van der Waals surface area contributed by atoms with Gasteiger partial charge in [0, 0.05) is 25.2 Å². The van der Waals surface area contributed by atoms with Crippen LogP contribution in [0.25, 0.3) is 0 Å². The van der Waals surface area contributed by atoms with Crippen LogP contribution in [0.1, 0.15) is 24.0 Å². The molecule has 0 amide bonds. The number of nitrogens with zero attached hydrogens (tertiary/aromatic N) is 1. The van der Waals surface area contributed by atoms with Crippen LogP contribution in [-0.2, 0) is 0 Å². The molecule has 18 heavy (non-hydrogen) atoms. The zero-order valence-corrected chi connectivity index (χ0v) is 11.0. The van der Waals surface area contributed by atoms with Crippen LogP contribution >= 0.6 is 0 Å². The highest BCUT2D eigenvalue weighted by molar-refractivity contribution is 5.59. The summed E-state index contributed by atoms with van der Waals surface area (Å²) in [5, 5.41) is 0. The van der Waals surface area contributed by atoms with E-state index in [9.17, 15) is 0 Å². The molecule has 3 rings (SSSR count). The van der Waals surface area contributed by atoms with Gasteiger partial charge < -0.3 is 4.90 Å². The molecule has 0 spiro atoms. The Morgan fingerprint density at radius 1 is 0.944 bits per heavy atom. The van der Waals surface area contributed by atoms with Gasteiger partial charge in [-0.1, -0.05) is 55.5 Å². The highest BCUT2D eigenvalue weighted by Gasteiger charge is 2.29. The molecule has 2 atom stereocenters. The van der Waals surface area contributed by atoms with Crippen molar-refractivity contribution in [2.24, 2.45) is 5.92 Å². The minimum Gasteiger partial charge on any atom is -0.374 e. The number of rotatable bonds is 1. The summed E-state index contributed by atoms with van der Waals surface area (Å²) in [6.07, 6.45) is 0. The molecular formula is C17H19N. The van der Waals surface area contributed by atoms with E-state index < -0.39 is 0 Å². The largest absolute Gasteiger partial charge is 0.374 e. The van der Waals surface area contributed by atoms with Crippen molar-refractivity contribution < 1.29 is 0 Å². The summed E-state index contributed by atoms with van der Waals surface area (Å²) in [5.41, 5.74) is 4.28. The molecule has 2 aromatic rings. The van der Waals surface area contributed by atoms with Gasteiger partial charge in [-0.3, -0.25) is 0 Å². The molecule has 0 saturated heterocycles. The zero-order chi connectivity index (χ0) is 12.5. The predicted molar refractivity (Wildman–Crippen MR) is 77.2 cm³/mol. The van der Waals surface area contributed by atoms with Crippen molar-refractivity contribution in [3.63, 3.8) is 0 Å². The molecular weight excluding hydrogens is 218 g/mol. The van der Waals surface area contributed by atoms with E-state index in [2.05, 4.69) is 73.5 Å². The molecule has 1 nitrogen and oxygen atoms in total. The first-order valence-corrected chi connectivity index (χ1v) is 6.62. The Balaban J connectivity index is 2.12. The monoisotopic (exact) mass is 237 g/mol. The van der Waals surface area contributed by atoms with Crippen LogP contribution < -0.4 is 4.90 Å². The van der Waals surface area contributed by atoms with Crippen molar-refractivity contribution in [3.05, 3.63) is 65.7 Å². The van der Waals surface area contributed by atoms with E-state index in [0.717, 1.165) is 6.54 Å². The van der Waals surface area contributed by atoms with E-state index in [4.69, 9.17) is 0 Å². The average molecular weight is 237 g/mol. The zero-order valence-electron chi connectivity index (χ0n) is 11.0. The third-order valence-electron chi connectivity index (χ3n) is 3.97. The first-order valence-electron chi connectivity index (χ1n) is 6.62. The summed E-state index contributed by atoms with van der Waals surface area (Å²) in [6, 6.07) is 19.7. The third kappa shape index (κ3) is 1.80. The van der Waals surface area contributed by atoms with Crippen molar-refractivity contribution in [2.45, 2.75) is 12.8 Å². The molecule has 1 aliphatic rings. The molecule has 0 saturated carbocycles. The summed E-state index contributed by atoms with van der Waals surface area (Å²) in [7, 11) is 2.19. The van der Waals surface area contributed by atoms with E-state index in [1.807, 2.05) is 0 Å². The van der Waals surface area contributed by atoms with Crippen LogP contribution in [0, 0.1) is 5.92 Å². The SMILES string of the molecule is C[C@H]1CN(C)c2ccccc2[C@@H]1c1ccccc1. The predicted octanol–water partition coefficient (Wildman–Crippen LogP) is 3.90. The maximum atomic E-state index is 2.37. The molecule has 2 aromatic carbocycles. The van der Waals surface area contributed by atoms with E-state index in [1.165, 1.54) is 16.8 Å². The second kappa shape index (κ2) is 4.49. The van der Waals surface area contributed by atoms with Crippen LogP contribution in [0.15, 0.2) is 54.6 Å². The fraction of sp³-hybridized carbons (Fsp3) is 0.294. The van der Waals surface area contributed by atoms with Crippen molar-refractivity contribution in [2.75, 3.05) is 18.5 Å². The maximum absolute atomic E-state index is 2.37. The number of anilines is 1. The minimum absolute atomic E-state index is 0.526. The second-order valence-electron chi connectivity index (χ2n) is 5.30. The van der Waals surface area contributed by atoms with Gasteiger partial charge in [-0.15, -0.1) is 0 Å². The van der Waals surface area contributed by atoms with E-state index in [0.29, 0.717) is 11.8 Å². The standard InChI is InChI=1S/C17H19N/c1-13-12-18(2)16-11-7-6-10-15(16)17(13)14-8-4-3-5-9-14/h3-11,13,17H,12H2,1-2H3/t13-,17-/m0/s1. The van der Waals surface area contributed by atoms with Gasteiger partial charge in [0.1, 0.15) is 0 Å². The third-order valence-corrected chi connectivity index (χ3v) is 3.97. The lowest BCUT2D eigenvalue weighted by atomic mass is 9.78. The lowest BCUT2D eigenvalue weighted by Gasteiger charge is -2.38. The Bertz CT molecular complexity index is 532. The molecule has 0 radical (unpaired) electrons. The second-order valence-corrected chi connectivity index (χ2v) is 5.30. The molecule has 0 bridgehead atoms. The van der Waals surface area contributed by atoms with Gasteiger partial charge in [0.15, 0.2) is 0 Å². The average Bonchev–Trinajstić information content (AvgIpc) is 2.40. The topological polar surface area (TPSA) is 3.24 Å². The molecule has 1 heteroatoms. The van der Waals surface area contributed by atoms with Crippen LogP contribution in [-0.4, -0.2) is 13.6 Å². The van der Waals surface area contributed by atoms with Gasteiger partial charge in [0.25, 0.3) is 0 Å². The highest BCUT2D eigenvalue weighted by Crippen LogP contribution is 2.41. The van der Waals surface area contributed by atoms with Gasteiger partial charge in [-0.2, -0.15) is 0 Å². The Hall–Kier alpha value is -1.76. The van der Waals surface area contributed by atoms with Gasteiger partial charge in [-0.25, -0.2) is 0 Å². The molecule has 1 heterocycles. The van der Waals surface area contributed by atoms with Gasteiger partial charge in [0.2, 0.25) is 0 Å². The molecule has 0 aromatic heterocycles. The summed E-state index contributed by atoms with van der Waals surface area (Å²) in [5.74, 6) is 1.17. The Labute approximate surface area is 109 Å². The normalized spacial score (nSPS) is 22.7. The maximum Gasteiger partial charge on any atom is 0.0402 e. The first kappa shape index (κ1) is 11.3. The van der Waals surface area contributed by atoms with E-state index >= 15 is 0 Å². The quantitative estimate of drug-likeness (QED) is 0.727. The first-order chi connectivity index (χ1) is 8.77. The van der Waals surface area contributed by atoms with Crippen molar-refractivity contribution in [3.8, 4) is 0 Å².